The number of nitrogens with zero attached hydrogens (tertiary/aromatic N) is 1. The van der Waals surface area contributed by atoms with Crippen molar-refractivity contribution in [2.24, 2.45) is 12.8 Å². The van der Waals surface area contributed by atoms with Gasteiger partial charge in [0.05, 0.1) is 0 Å². The first-order valence-corrected chi connectivity index (χ1v) is 6.03. The van der Waals surface area contributed by atoms with Crippen LogP contribution >= 0.6 is 11.6 Å². The van der Waals surface area contributed by atoms with Crippen LogP contribution in [0.3, 0.4) is 0 Å². The standard InChI is InChI=1S/C13H17ClN2/c1-16-9-10(4-2-3-7-15)12-6-5-11(14)8-13(12)16/h5-6,8-9H,2-4,7,15H2,1H3. The highest BCUT2D eigenvalue weighted by molar-refractivity contribution is 6.31. The fourth-order valence-electron chi connectivity index (χ4n) is 2.10. The van der Waals surface area contributed by atoms with Crippen LogP contribution in [-0.2, 0) is 13.5 Å². The Hall–Kier alpha value is -0.990. The number of rotatable bonds is 4. The second-order valence-electron chi connectivity index (χ2n) is 4.17. The highest BCUT2D eigenvalue weighted by Gasteiger charge is 2.06. The molecule has 1 aromatic heterocycles. The fraction of sp³-hybridized carbons (Fsp3) is 0.385. The normalized spacial score (nSPS) is 11.2. The maximum atomic E-state index is 6.00. The van der Waals surface area contributed by atoms with Crippen molar-refractivity contribution >= 4 is 22.5 Å². The maximum Gasteiger partial charge on any atom is 0.0495 e. The molecule has 0 aliphatic rings. The second-order valence-corrected chi connectivity index (χ2v) is 4.61. The van der Waals surface area contributed by atoms with Gasteiger partial charge in [0, 0.05) is 29.2 Å². The van der Waals surface area contributed by atoms with Gasteiger partial charge in [-0.2, -0.15) is 0 Å². The van der Waals surface area contributed by atoms with Gasteiger partial charge >= 0.3 is 0 Å². The number of nitrogens with two attached hydrogens (primary N) is 1. The lowest BCUT2D eigenvalue weighted by Crippen LogP contribution is -1.98. The summed E-state index contributed by atoms with van der Waals surface area (Å²) in [6.07, 6.45) is 5.52. The van der Waals surface area contributed by atoms with Crippen LogP contribution < -0.4 is 5.73 Å². The summed E-state index contributed by atoms with van der Waals surface area (Å²) >= 11 is 6.00. The Morgan fingerprint density at radius 1 is 1.31 bits per heavy atom. The van der Waals surface area contributed by atoms with E-state index in [1.165, 1.54) is 16.5 Å². The zero-order valence-electron chi connectivity index (χ0n) is 9.54. The molecule has 0 bridgehead atoms. The smallest absolute Gasteiger partial charge is 0.0495 e. The number of halogens is 1. The van der Waals surface area contributed by atoms with Crippen LogP contribution in [0.15, 0.2) is 24.4 Å². The molecule has 16 heavy (non-hydrogen) atoms. The average molecular weight is 237 g/mol. The molecule has 0 saturated heterocycles. The topological polar surface area (TPSA) is 30.9 Å². The zero-order valence-corrected chi connectivity index (χ0v) is 10.3. The summed E-state index contributed by atoms with van der Waals surface area (Å²) in [6.45, 7) is 0.774. The monoisotopic (exact) mass is 236 g/mol. The van der Waals surface area contributed by atoms with Gasteiger partial charge in [-0.25, -0.2) is 0 Å². The minimum Gasteiger partial charge on any atom is -0.350 e. The molecular weight excluding hydrogens is 220 g/mol. The lowest BCUT2D eigenvalue weighted by atomic mass is 10.1. The molecule has 2 rings (SSSR count). The minimum atomic E-state index is 0.774. The Bertz CT molecular complexity index is 488. The molecule has 0 saturated carbocycles. The van der Waals surface area contributed by atoms with E-state index in [0.29, 0.717) is 0 Å². The van der Waals surface area contributed by atoms with E-state index in [4.69, 9.17) is 17.3 Å². The third-order valence-electron chi connectivity index (χ3n) is 2.94. The highest BCUT2D eigenvalue weighted by atomic mass is 35.5. The molecule has 0 atom stereocenters. The molecule has 0 unspecified atom stereocenters. The molecule has 1 heterocycles. The van der Waals surface area contributed by atoms with Crippen molar-refractivity contribution in [3.63, 3.8) is 0 Å². The predicted molar refractivity (Wildman–Crippen MR) is 69.9 cm³/mol. The molecule has 0 aliphatic carbocycles. The van der Waals surface area contributed by atoms with Crippen LogP contribution in [0.2, 0.25) is 5.02 Å². The highest BCUT2D eigenvalue weighted by Crippen LogP contribution is 2.25. The van der Waals surface area contributed by atoms with Gasteiger partial charge in [-0.15, -0.1) is 0 Å². The van der Waals surface area contributed by atoms with Crippen molar-refractivity contribution in [3.8, 4) is 0 Å². The van der Waals surface area contributed by atoms with E-state index in [9.17, 15) is 0 Å². The summed E-state index contributed by atoms with van der Waals surface area (Å²) in [7, 11) is 2.06. The van der Waals surface area contributed by atoms with Crippen LogP contribution in [0.5, 0.6) is 0 Å². The summed E-state index contributed by atoms with van der Waals surface area (Å²) in [5.74, 6) is 0. The summed E-state index contributed by atoms with van der Waals surface area (Å²) in [5.41, 5.74) is 8.10. The largest absolute Gasteiger partial charge is 0.350 e. The van der Waals surface area contributed by atoms with Crippen LogP contribution in [-0.4, -0.2) is 11.1 Å². The molecule has 2 nitrogen and oxygen atoms in total. The van der Waals surface area contributed by atoms with Gasteiger partial charge in [0.15, 0.2) is 0 Å². The number of aromatic nitrogens is 1. The van der Waals surface area contributed by atoms with Crippen LogP contribution in [0.25, 0.3) is 10.9 Å². The van der Waals surface area contributed by atoms with E-state index >= 15 is 0 Å². The molecule has 3 heteroatoms. The summed E-state index contributed by atoms with van der Waals surface area (Å²) in [6, 6.07) is 6.08. The molecule has 0 spiro atoms. The van der Waals surface area contributed by atoms with Crippen molar-refractivity contribution in [1.29, 1.82) is 0 Å². The van der Waals surface area contributed by atoms with E-state index in [2.05, 4.69) is 23.9 Å². The molecular formula is C13H17ClN2. The summed E-state index contributed by atoms with van der Waals surface area (Å²) in [5, 5.41) is 2.10. The number of aryl methyl sites for hydroxylation is 2. The molecule has 2 N–H and O–H groups in total. The predicted octanol–water partition coefficient (Wildman–Crippen LogP) is 3.11. The van der Waals surface area contributed by atoms with Crippen molar-refractivity contribution in [2.75, 3.05) is 6.54 Å². The fourth-order valence-corrected chi connectivity index (χ4v) is 2.27. The van der Waals surface area contributed by atoms with Gasteiger partial charge in [-0.05, 0) is 43.5 Å². The third-order valence-corrected chi connectivity index (χ3v) is 3.17. The minimum absolute atomic E-state index is 0.774. The first-order chi connectivity index (χ1) is 7.72. The lowest BCUT2D eigenvalue weighted by Gasteiger charge is -1.98. The van der Waals surface area contributed by atoms with Crippen molar-refractivity contribution in [1.82, 2.24) is 4.57 Å². The first kappa shape index (κ1) is 11.5. The van der Waals surface area contributed by atoms with Crippen LogP contribution in [0.1, 0.15) is 18.4 Å². The molecule has 0 fully saturated rings. The van der Waals surface area contributed by atoms with Crippen LogP contribution in [0.4, 0.5) is 0 Å². The van der Waals surface area contributed by atoms with Gasteiger partial charge in [0.2, 0.25) is 0 Å². The van der Waals surface area contributed by atoms with Gasteiger partial charge in [-0.1, -0.05) is 17.7 Å². The Kier molecular flexibility index (Phi) is 3.52. The summed E-state index contributed by atoms with van der Waals surface area (Å²) in [4.78, 5) is 0. The molecule has 0 amide bonds. The molecule has 2 aromatic rings. The summed E-state index contributed by atoms with van der Waals surface area (Å²) < 4.78 is 2.14. The number of hydrogen-bond acceptors (Lipinski definition) is 1. The Labute approximate surface area is 101 Å². The Balaban J connectivity index is 2.32. The SMILES string of the molecule is Cn1cc(CCCCN)c2ccc(Cl)cc21. The van der Waals surface area contributed by atoms with Crippen molar-refractivity contribution in [2.45, 2.75) is 19.3 Å². The van der Waals surface area contributed by atoms with Crippen molar-refractivity contribution in [3.05, 3.63) is 35.0 Å². The van der Waals surface area contributed by atoms with Gasteiger partial charge in [0.1, 0.15) is 0 Å². The van der Waals surface area contributed by atoms with E-state index < -0.39 is 0 Å². The van der Waals surface area contributed by atoms with E-state index in [-0.39, 0.29) is 0 Å². The van der Waals surface area contributed by atoms with Crippen LogP contribution in [0, 0.1) is 0 Å². The van der Waals surface area contributed by atoms with E-state index in [1.54, 1.807) is 0 Å². The lowest BCUT2D eigenvalue weighted by molar-refractivity contribution is 0.745. The Morgan fingerprint density at radius 2 is 2.12 bits per heavy atom. The number of hydrogen-bond donors (Lipinski definition) is 1. The van der Waals surface area contributed by atoms with E-state index in [0.717, 1.165) is 30.8 Å². The second kappa shape index (κ2) is 4.89. The zero-order chi connectivity index (χ0) is 11.5. The van der Waals surface area contributed by atoms with Gasteiger partial charge < -0.3 is 10.3 Å². The number of fused-ring (bicyclic) bond motifs is 1. The maximum absolute atomic E-state index is 6.00. The molecule has 86 valence electrons. The average Bonchev–Trinajstić information content (AvgIpc) is 2.56. The molecule has 0 aliphatic heterocycles. The van der Waals surface area contributed by atoms with Gasteiger partial charge in [-0.3, -0.25) is 0 Å². The number of benzene rings is 1. The number of unbranched alkanes of at least 4 members (excludes halogenated alkanes) is 1. The van der Waals surface area contributed by atoms with Crippen molar-refractivity contribution < 1.29 is 0 Å². The van der Waals surface area contributed by atoms with E-state index in [1.807, 2.05) is 12.1 Å². The third kappa shape index (κ3) is 2.23. The quantitative estimate of drug-likeness (QED) is 0.813. The first-order valence-electron chi connectivity index (χ1n) is 5.66. The van der Waals surface area contributed by atoms with Gasteiger partial charge in [0.25, 0.3) is 0 Å². The molecule has 0 radical (unpaired) electrons. The molecule has 1 aromatic carbocycles. The Morgan fingerprint density at radius 3 is 2.88 bits per heavy atom.